The smallest absolute Gasteiger partial charge is 0.241 e. The van der Waals surface area contributed by atoms with Crippen molar-refractivity contribution in [1.29, 1.82) is 0 Å². The number of rotatable bonds is 6. The van der Waals surface area contributed by atoms with Crippen LogP contribution in [0.25, 0.3) is 0 Å². The summed E-state index contributed by atoms with van der Waals surface area (Å²) in [5, 5.41) is 6.19. The molecule has 0 aromatic heterocycles. The number of hydrogen-bond acceptors (Lipinski definition) is 2. The molecule has 1 heterocycles. The van der Waals surface area contributed by atoms with Gasteiger partial charge in [-0.2, -0.15) is 0 Å². The number of unbranched alkanes of at least 4 members (excludes halogenated alkanes) is 2. The summed E-state index contributed by atoms with van der Waals surface area (Å²) in [4.78, 5) is 11.9. The lowest BCUT2D eigenvalue weighted by molar-refractivity contribution is -0.117. The Morgan fingerprint density at radius 2 is 2.05 bits per heavy atom. The van der Waals surface area contributed by atoms with Gasteiger partial charge in [0, 0.05) is 5.69 Å². The van der Waals surface area contributed by atoms with Crippen LogP contribution in [0.1, 0.15) is 44.6 Å². The van der Waals surface area contributed by atoms with Crippen molar-refractivity contribution < 1.29 is 4.79 Å². The van der Waals surface area contributed by atoms with E-state index in [9.17, 15) is 4.79 Å². The highest BCUT2D eigenvalue weighted by molar-refractivity contribution is 5.95. The van der Waals surface area contributed by atoms with Crippen LogP contribution >= 0.6 is 12.4 Å². The average Bonchev–Trinajstić information content (AvgIpc) is 2.95. The molecule has 0 saturated carbocycles. The molecule has 20 heavy (non-hydrogen) atoms. The first-order valence-electron chi connectivity index (χ1n) is 7.43. The molecule has 1 atom stereocenters. The fourth-order valence-corrected chi connectivity index (χ4v) is 2.47. The van der Waals surface area contributed by atoms with Gasteiger partial charge in [-0.15, -0.1) is 12.4 Å². The lowest BCUT2D eigenvalue weighted by Crippen LogP contribution is -2.35. The molecule has 1 amide bonds. The zero-order valence-electron chi connectivity index (χ0n) is 12.2. The lowest BCUT2D eigenvalue weighted by atomic mass is 10.1. The van der Waals surface area contributed by atoms with Crippen molar-refractivity contribution in [1.82, 2.24) is 5.32 Å². The van der Waals surface area contributed by atoms with Crippen LogP contribution in [0.3, 0.4) is 0 Å². The minimum atomic E-state index is -0.00997. The summed E-state index contributed by atoms with van der Waals surface area (Å²) < 4.78 is 0. The van der Waals surface area contributed by atoms with Crippen LogP contribution < -0.4 is 10.6 Å². The van der Waals surface area contributed by atoms with E-state index in [1.807, 2.05) is 12.1 Å². The molecule has 1 aromatic carbocycles. The van der Waals surface area contributed by atoms with Gasteiger partial charge in [-0.25, -0.2) is 0 Å². The average molecular weight is 297 g/mol. The quantitative estimate of drug-likeness (QED) is 0.789. The predicted molar refractivity (Wildman–Crippen MR) is 86.6 cm³/mol. The molecule has 4 heteroatoms. The van der Waals surface area contributed by atoms with E-state index in [0.717, 1.165) is 31.5 Å². The summed E-state index contributed by atoms with van der Waals surface area (Å²) in [6, 6.07) is 8.24. The first-order valence-corrected chi connectivity index (χ1v) is 7.43. The van der Waals surface area contributed by atoms with Crippen molar-refractivity contribution >= 4 is 24.0 Å². The number of aryl methyl sites for hydroxylation is 1. The Kier molecular flexibility index (Phi) is 7.63. The van der Waals surface area contributed by atoms with Gasteiger partial charge in [-0.1, -0.05) is 31.9 Å². The van der Waals surface area contributed by atoms with E-state index in [4.69, 9.17) is 0 Å². The van der Waals surface area contributed by atoms with Gasteiger partial charge in [-0.3, -0.25) is 4.79 Å². The maximum atomic E-state index is 11.9. The third-order valence-corrected chi connectivity index (χ3v) is 3.67. The first-order chi connectivity index (χ1) is 9.29. The Bertz CT molecular complexity index is 399. The molecular formula is C16H25ClN2O. The normalized spacial score (nSPS) is 17.6. The van der Waals surface area contributed by atoms with Crippen molar-refractivity contribution in [2.75, 3.05) is 11.9 Å². The fraction of sp³-hybridized carbons (Fsp3) is 0.562. The van der Waals surface area contributed by atoms with Gasteiger partial charge in [0.1, 0.15) is 0 Å². The molecule has 1 aromatic rings. The number of amides is 1. The molecule has 0 aliphatic carbocycles. The Morgan fingerprint density at radius 3 is 2.65 bits per heavy atom. The molecular weight excluding hydrogens is 272 g/mol. The molecule has 1 saturated heterocycles. The van der Waals surface area contributed by atoms with E-state index in [1.165, 1.54) is 24.8 Å². The monoisotopic (exact) mass is 296 g/mol. The molecule has 1 fully saturated rings. The molecule has 1 unspecified atom stereocenters. The lowest BCUT2D eigenvalue weighted by Gasteiger charge is -2.11. The third kappa shape index (κ3) is 5.14. The number of nitrogens with one attached hydrogen (secondary N) is 2. The summed E-state index contributed by atoms with van der Waals surface area (Å²) in [6.07, 6.45) is 6.95. The number of carbonyl (C=O) groups excluding carboxylic acids is 1. The summed E-state index contributed by atoms with van der Waals surface area (Å²) in [5.41, 5.74) is 2.25. The zero-order chi connectivity index (χ0) is 13.5. The van der Waals surface area contributed by atoms with Gasteiger partial charge >= 0.3 is 0 Å². The zero-order valence-corrected chi connectivity index (χ0v) is 13.0. The second kappa shape index (κ2) is 8.98. The Morgan fingerprint density at radius 1 is 1.30 bits per heavy atom. The highest BCUT2D eigenvalue weighted by Gasteiger charge is 2.21. The van der Waals surface area contributed by atoms with E-state index in [0.29, 0.717) is 0 Å². The minimum Gasteiger partial charge on any atom is -0.325 e. The number of carbonyl (C=O) groups is 1. The van der Waals surface area contributed by atoms with Crippen LogP contribution in [0.2, 0.25) is 0 Å². The van der Waals surface area contributed by atoms with E-state index in [1.54, 1.807) is 0 Å². The number of hydrogen-bond donors (Lipinski definition) is 2. The van der Waals surface area contributed by atoms with Gasteiger partial charge < -0.3 is 10.6 Å². The van der Waals surface area contributed by atoms with Crippen LogP contribution in [0.15, 0.2) is 24.3 Å². The van der Waals surface area contributed by atoms with E-state index in [-0.39, 0.29) is 24.4 Å². The van der Waals surface area contributed by atoms with Crippen LogP contribution in [-0.4, -0.2) is 18.5 Å². The van der Waals surface area contributed by atoms with Gasteiger partial charge in [0.15, 0.2) is 0 Å². The van der Waals surface area contributed by atoms with E-state index < -0.39 is 0 Å². The Hall–Kier alpha value is -1.06. The summed E-state index contributed by atoms with van der Waals surface area (Å²) >= 11 is 0. The van der Waals surface area contributed by atoms with Crippen molar-refractivity contribution in [2.45, 2.75) is 51.5 Å². The van der Waals surface area contributed by atoms with Crippen molar-refractivity contribution in [2.24, 2.45) is 0 Å². The largest absolute Gasteiger partial charge is 0.325 e. The van der Waals surface area contributed by atoms with Gasteiger partial charge in [0.2, 0.25) is 5.91 Å². The molecule has 2 N–H and O–H groups in total. The first kappa shape index (κ1) is 17.0. The van der Waals surface area contributed by atoms with Crippen molar-refractivity contribution in [3.8, 4) is 0 Å². The fourth-order valence-electron chi connectivity index (χ4n) is 2.47. The molecule has 0 radical (unpaired) electrons. The molecule has 2 rings (SSSR count). The highest BCUT2D eigenvalue weighted by Crippen LogP contribution is 2.14. The van der Waals surface area contributed by atoms with Crippen LogP contribution in [0.5, 0.6) is 0 Å². The second-order valence-electron chi connectivity index (χ2n) is 5.29. The maximum absolute atomic E-state index is 11.9. The third-order valence-electron chi connectivity index (χ3n) is 3.67. The highest BCUT2D eigenvalue weighted by atomic mass is 35.5. The van der Waals surface area contributed by atoms with Crippen molar-refractivity contribution in [3.05, 3.63) is 29.8 Å². The number of anilines is 1. The van der Waals surface area contributed by atoms with Crippen LogP contribution in [-0.2, 0) is 11.2 Å². The topological polar surface area (TPSA) is 41.1 Å². The SMILES string of the molecule is CCCCCc1ccc(NC(=O)C2CCCN2)cc1.Cl. The number of benzene rings is 1. The number of halogens is 1. The molecule has 1 aliphatic rings. The van der Waals surface area contributed by atoms with Gasteiger partial charge in [0.25, 0.3) is 0 Å². The molecule has 1 aliphatic heterocycles. The summed E-state index contributed by atoms with van der Waals surface area (Å²) in [7, 11) is 0. The minimum absolute atomic E-state index is 0. The van der Waals surface area contributed by atoms with Crippen LogP contribution in [0.4, 0.5) is 5.69 Å². The van der Waals surface area contributed by atoms with E-state index in [2.05, 4.69) is 29.7 Å². The Labute approximate surface area is 127 Å². The molecule has 3 nitrogen and oxygen atoms in total. The van der Waals surface area contributed by atoms with E-state index >= 15 is 0 Å². The summed E-state index contributed by atoms with van der Waals surface area (Å²) in [5.74, 6) is 0.0937. The molecule has 112 valence electrons. The Balaban J connectivity index is 0.00000200. The molecule has 0 spiro atoms. The second-order valence-corrected chi connectivity index (χ2v) is 5.29. The standard InChI is InChI=1S/C16H24N2O.ClH/c1-2-3-4-6-13-8-10-14(11-9-13)18-16(19)15-7-5-12-17-15;/h8-11,15,17H,2-7,12H2,1H3,(H,18,19);1H. The molecule has 0 bridgehead atoms. The van der Waals surface area contributed by atoms with Crippen LogP contribution in [0, 0.1) is 0 Å². The summed E-state index contributed by atoms with van der Waals surface area (Å²) in [6.45, 7) is 3.17. The van der Waals surface area contributed by atoms with Crippen molar-refractivity contribution in [3.63, 3.8) is 0 Å². The maximum Gasteiger partial charge on any atom is 0.241 e. The van der Waals surface area contributed by atoms with Gasteiger partial charge in [0.05, 0.1) is 6.04 Å². The van der Waals surface area contributed by atoms with Gasteiger partial charge in [-0.05, 0) is 49.9 Å². The predicted octanol–water partition coefficient (Wildman–Crippen LogP) is 3.53.